The lowest BCUT2D eigenvalue weighted by Crippen LogP contribution is -2.36. The summed E-state index contributed by atoms with van der Waals surface area (Å²) in [5.41, 5.74) is 0. The Morgan fingerprint density at radius 1 is 1.38 bits per heavy atom. The molecule has 0 spiro atoms. The molecule has 1 aliphatic heterocycles. The standard InChI is InChI=1S/C16H26N4O3S/c1-3-14-17-9-15(18-14)24(22,23)19(2)10-12-8-16(21)20(11-12)13-6-4-5-7-13/h9,12-13H,3-8,10-11H2,1-2H3,(H,17,18). The minimum atomic E-state index is -3.58. The van der Waals surface area contributed by atoms with Gasteiger partial charge in [-0.15, -0.1) is 0 Å². The zero-order valence-electron chi connectivity index (χ0n) is 14.4. The highest BCUT2D eigenvalue weighted by molar-refractivity contribution is 7.89. The van der Waals surface area contributed by atoms with Gasteiger partial charge in [-0.05, 0) is 18.8 Å². The Balaban J connectivity index is 1.64. The van der Waals surface area contributed by atoms with Crippen molar-refractivity contribution in [1.29, 1.82) is 0 Å². The third-order valence-electron chi connectivity index (χ3n) is 5.15. The molecule has 2 heterocycles. The SMILES string of the molecule is CCc1ncc(S(=O)(=O)N(C)CC2CC(=O)N(C3CCCC3)C2)[nH]1. The zero-order valence-corrected chi connectivity index (χ0v) is 15.2. The molecule has 1 amide bonds. The van der Waals surface area contributed by atoms with E-state index >= 15 is 0 Å². The molecule has 2 fully saturated rings. The topological polar surface area (TPSA) is 86.4 Å². The van der Waals surface area contributed by atoms with Gasteiger partial charge >= 0.3 is 0 Å². The highest BCUT2D eigenvalue weighted by Gasteiger charge is 2.37. The van der Waals surface area contributed by atoms with Gasteiger partial charge in [-0.2, -0.15) is 4.31 Å². The van der Waals surface area contributed by atoms with Crippen molar-refractivity contribution < 1.29 is 13.2 Å². The highest BCUT2D eigenvalue weighted by Crippen LogP contribution is 2.30. The minimum Gasteiger partial charge on any atom is -0.339 e. The van der Waals surface area contributed by atoms with Crippen molar-refractivity contribution in [2.45, 2.75) is 56.5 Å². The second kappa shape index (κ2) is 6.84. The maximum absolute atomic E-state index is 12.6. The van der Waals surface area contributed by atoms with Crippen LogP contribution in [-0.2, 0) is 21.2 Å². The summed E-state index contributed by atoms with van der Waals surface area (Å²) >= 11 is 0. The first-order valence-electron chi connectivity index (χ1n) is 8.71. The number of carbonyl (C=O) groups is 1. The third-order valence-corrected chi connectivity index (χ3v) is 6.88. The van der Waals surface area contributed by atoms with Gasteiger partial charge in [0.1, 0.15) is 5.82 Å². The smallest absolute Gasteiger partial charge is 0.259 e. The van der Waals surface area contributed by atoms with E-state index in [0.29, 0.717) is 37.8 Å². The third kappa shape index (κ3) is 3.35. The van der Waals surface area contributed by atoms with E-state index in [4.69, 9.17) is 0 Å². The van der Waals surface area contributed by atoms with Crippen LogP contribution in [0.5, 0.6) is 0 Å². The van der Waals surface area contributed by atoms with E-state index in [1.807, 2.05) is 11.8 Å². The Bertz CT molecular complexity index is 694. The summed E-state index contributed by atoms with van der Waals surface area (Å²) < 4.78 is 26.6. The van der Waals surface area contributed by atoms with Gasteiger partial charge in [-0.25, -0.2) is 13.4 Å². The summed E-state index contributed by atoms with van der Waals surface area (Å²) in [6, 6.07) is 0.365. The average Bonchev–Trinajstić information content (AvgIpc) is 3.27. The van der Waals surface area contributed by atoms with Gasteiger partial charge in [-0.1, -0.05) is 19.8 Å². The van der Waals surface area contributed by atoms with Crippen molar-refractivity contribution in [3.05, 3.63) is 12.0 Å². The Kier molecular flexibility index (Phi) is 4.96. The normalized spacial score (nSPS) is 22.9. The fourth-order valence-corrected chi connectivity index (χ4v) is 4.96. The molecule has 8 heteroatoms. The number of nitrogens with one attached hydrogen (secondary N) is 1. The van der Waals surface area contributed by atoms with Crippen molar-refractivity contribution in [3.8, 4) is 0 Å². The molecule has 1 aromatic rings. The molecule has 0 radical (unpaired) electrons. The predicted octanol–water partition coefficient (Wildman–Crippen LogP) is 1.38. The first-order valence-corrected chi connectivity index (χ1v) is 10.2. The number of hydrogen-bond donors (Lipinski definition) is 1. The lowest BCUT2D eigenvalue weighted by Gasteiger charge is -2.25. The van der Waals surface area contributed by atoms with Gasteiger partial charge in [0.2, 0.25) is 5.91 Å². The molecule has 2 aliphatic rings. The summed E-state index contributed by atoms with van der Waals surface area (Å²) in [4.78, 5) is 21.2. The second-order valence-corrected chi connectivity index (χ2v) is 8.90. The fourth-order valence-electron chi connectivity index (χ4n) is 3.78. The van der Waals surface area contributed by atoms with Gasteiger partial charge in [0.05, 0.1) is 6.20 Å². The van der Waals surface area contributed by atoms with Crippen molar-refractivity contribution in [3.63, 3.8) is 0 Å². The molecule has 0 bridgehead atoms. The highest BCUT2D eigenvalue weighted by atomic mass is 32.2. The van der Waals surface area contributed by atoms with Crippen molar-refractivity contribution in [2.75, 3.05) is 20.1 Å². The van der Waals surface area contributed by atoms with Crippen LogP contribution >= 0.6 is 0 Å². The largest absolute Gasteiger partial charge is 0.339 e. The van der Waals surface area contributed by atoms with Crippen LogP contribution < -0.4 is 0 Å². The van der Waals surface area contributed by atoms with Gasteiger partial charge < -0.3 is 9.88 Å². The van der Waals surface area contributed by atoms with E-state index in [0.717, 1.165) is 12.8 Å². The molecular weight excluding hydrogens is 328 g/mol. The number of hydrogen-bond acceptors (Lipinski definition) is 4. The van der Waals surface area contributed by atoms with Crippen LogP contribution in [0.15, 0.2) is 11.2 Å². The van der Waals surface area contributed by atoms with Crippen LogP contribution in [0, 0.1) is 5.92 Å². The van der Waals surface area contributed by atoms with Gasteiger partial charge in [0.15, 0.2) is 5.03 Å². The Morgan fingerprint density at radius 3 is 2.71 bits per heavy atom. The van der Waals surface area contributed by atoms with E-state index < -0.39 is 10.0 Å². The Labute approximate surface area is 143 Å². The van der Waals surface area contributed by atoms with E-state index in [-0.39, 0.29) is 16.9 Å². The van der Waals surface area contributed by atoms with Crippen molar-refractivity contribution in [2.24, 2.45) is 5.92 Å². The predicted molar refractivity (Wildman–Crippen MR) is 89.9 cm³/mol. The molecule has 1 unspecified atom stereocenters. The molecule has 7 nitrogen and oxygen atoms in total. The number of aromatic amines is 1. The number of amides is 1. The average molecular weight is 354 g/mol. The lowest BCUT2D eigenvalue weighted by atomic mass is 10.1. The molecule has 1 aromatic heterocycles. The van der Waals surface area contributed by atoms with E-state index in [9.17, 15) is 13.2 Å². The number of nitrogens with zero attached hydrogens (tertiary/aromatic N) is 3. The summed E-state index contributed by atoms with van der Waals surface area (Å²) in [5, 5.41) is 0.124. The molecule has 1 aliphatic carbocycles. The zero-order chi connectivity index (χ0) is 17.3. The van der Waals surface area contributed by atoms with Crippen LogP contribution in [0.25, 0.3) is 0 Å². The molecule has 1 saturated heterocycles. The van der Waals surface area contributed by atoms with E-state index in [1.54, 1.807) is 7.05 Å². The summed E-state index contributed by atoms with van der Waals surface area (Å²) in [7, 11) is -2.01. The maximum Gasteiger partial charge on any atom is 0.259 e. The Morgan fingerprint density at radius 2 is 2.08 bits per heavy atom. The van der Waals surface area contributed by atoms with Gasteiger partial charge in [0, 0.05) is 39.0 Å². The number of imidazole rings is 1. The number of carbonyl (C=O) groups excluding carboxylic acids is 1. The van der Waals surface area contributed by atoms with Crippen LogP contribution in [0.3, 0.4) is 0 Å². The number of aryl methyl sites for hydroxylation is 1. The van der Waals surface area contributed by atoms with Gasteiger partial charge in [0.25, 0.3) is 10.0 Å². The molecule has 134 valence electrons. The number of H-pyrrole nitrogens is 1. The lowest BCUT2D eigenvalue weighted by molar-refractivity contribution is -0.129. The van der Waals surface area contributed by atoms with Crippen LogP contribution in [-0.4, -0.2) is 59.7 Å². The number of likely N-dealkylation sites (tertiary alicyclic amines) is 1. The monoisotopic (exact) mass is 354 g/mol. The molecule has 1 atom stereocenters. The molecule has 24 heavy (non-hydrogen) atoms. The molecular formula is C16H26N4O3S. The first-order chi connectivity index (χ1) is 11.4. The first kappa shape index (κ1) is 17.4. The van der Waals surface area contributed by atoms with E-state index in [2.05, 4.69) is 9.97 Å². The van der Waals surface area contributed by atoms with Crippen molar-refractivity contribution >= 4 is 15.9 Å². The second-order valence-electron chi connectivity index (χ2n) is 6.89. The molecule has 3 rings (SSSR count). The fraction of sp³-hybridized carbons (Fsp3) is 0.750. The summed E-state index contributed by atoms with van der Waals surface area (Å²) in [5.74, 6) is 0.893. The summed E-state index contributed by atoms with van der Waals surface area (Å²) in [6.45, 7) is 2.95. The van der Waals surface area contributed by atoms with Crippen molar-refractivity contribution in [1.82, 2.24) is 19.2 Å². The number of aromatic nitrogens is 2. The van der Waals surface area contributed by atoms with Crippen LogP contribution in [0.2, 0.25) is 0 Å². The Hall–Kier alpha value is -1.41. The van der Waals surface area contributed by atoms with Gasteiger partial charge in [-0.3, -0.25) is 4.79 Å². The number of rotatable bonds is 6. The summed E-state index contributed by atoms with van der Waals surface area (Å²) in [6.07, 6.45) is 7.02. The van der Waals surface area contributed by atoms with Crippen LogP contribution in [0.4, 0.5) is 0 Å². The molecule has 1 N–H and O–H groups in total. The maximum atomic E-state index is 12.6. The minimum absolute atomic E-state index is 0.0615. The molecule has 0 aromatic carbocycles. The van der Waals surface area contributed by atoms with Crippen LogP contribution in [0.1, 0.15) is 44.9 Å². The molecule has 1 saturated carbocycles. The van der Waals surface area contributed by atoms with E-state index in [1.165, 1.54) is 23.3 Å². The number of sulfonamides is 1. The quantitative estimate of drug-likeness (QED) is 0.836.